The summed E-state index contributed by atoms with van der Waals surface area (Å²) in [6.45, 7) is 5.77. The largest absolute Gasteiger partial charge is 0.462 e. The van der Waals surface area contributed by atoms with E-state index in [1.54, 1.807) is 11.0 Å². The number of aryl methyl sites for hydroxylation is 1. The average Bonchev–Trinajstić information content (AvgIpc) is 2.73. The van der Waals surface area contributed by atoms with Crippen molar-refractivity contribution in [2.45, 2.75) is 26.8 Å². The standard InChI is InChI=1S/C12H13NO2S2/c1-7(2)13-11(14)10(17-12(13)16)6-9-5-4-8(3)15-9/h4-7H,1-3H3. The maximum absolute atomic E-state index is 12.1. The smallest absolute Gasteiger partial charge is 0.266 e. The Kier molecular flexibility index (Phi) is 3.40. The summed E-state index contributed by atoms with van der Waals surface area (Å²) in [5, 5.41) is 0. The summed E-state index contributed by atoms with van der Waals surface area (Å²) in [6.07, 6.45) is 1.74. The molecule has 1 aromatic rings. The molecule has 1 aromatic heterocycles. The third-order valence-corrected chi connectivity index (χ3v) is 3.70. The Balaban J connectivity index is 2.28. The first-order valence-corrected chi connectivity index (χ1v) is 6.55. The van der Waals surface area contributed by atoms with Gasteiger partial charge in [-0.3, -0.25) is 9.69 Å². The molecule has 0 aliphatic carbocycles. The molecule has 0 saturated carbocycles. The number of nitrogens with zero attached hydrogens (tertiary/aromatic N) is 1. The average molecular weight is 267 g/mol. The number of furan rings is 1. The normalized spacial score (nSPS) is 18.8. The van der Waals surface area contributed by atoms with Gasteiger partial charge in [0, 0.05) is 12.1 Å². The molecule has 3 nitrogen and oxygen atoms in total. The highest BCUT2D eigenvalue weighted by molar-refractivity contribution is 8.26. The Morgan fingerprint density at radius 2 is 2.18 bits per heavy atom. The number of rotatable bonds is 2. The zero-order valence-corrected chi connectivity index (χ0v) is 11.5. The van der Waals surface area contributed by atoms with Gasteiger partial charge in [0.25, 0.3) is 5.91 Å². The molecule has 0 bridgehead atoms. The van der Waals surface area contributed by atoms with Crippen molar-refractivity contribution < 1.29 is 9.21 Å². The topological polar surface area (TPSA) is 33.5 Å². The second-order valence-electron chi connectivity index (χ2n) is 4.09. The fourth-order valence-electron chi connectivity index (χ4n) is 1.59. The number of thiocarbonyl (C=S) groups is 1. The van der Waals surface area contributed by atoms with Gasteiger partial charge in [-0.2, -0.15) is 0 Å². The van der Waals surface area contributed by atoms with Gasteiger partial charge >= 0.3 is 0 Å². The van der Waals surface area contributed by atoms with Crippen LogP contribution < -0.4 is 0 Å². The molecule has 1 fully saturated rings. The van der Waals surface area contributed by atoms with Crippen LogP contribution in [0.4, 0.5) is 0 Å². The molecule has 90 valence electrons. The van der Waals surface area contributed by atoms with E-state index >= 15 is 0 Å². The van der Waals surface area contributed by atoms with Crippen LogP contribution in [0.15, 0.2) is 21.5 Å². The lowest BCUT2D eigenvalue weighted by atomic mass is 10.3. The van der Waals surface area contributed by atoms with Gasteiger partial charge in [-0.1, -0.05) is 24.0 Å². The Bertz CT molecular complexity index is 502. The van der Waals surface area contributed by atoms with Gasteiger partial charge in [-0.25, -0.2) is 0 Å². The van der Waals surface area contributed by atoms with Gasteiger partial charge in [-0.05, 0) is 32.9 Å². The van der Waals surface area contributed by atoms with Gasteiger partial charge in [0.05, 0.1) is 4.91 Å². The molecule has 0 spiro atoms. The molecule has 2 heterocycles. The third-order valence-electron chi connectivity index (χ3n) is 2.37. The van der Waals surface area contributed by atoms with Crippen LogP contribution in [0.1, 0.15) is 25.4 Å². The summed E-state index contributed by atoms with van der Waals surface area (Å²) < 4.78 is 6.03. The minimum atomic E-state index is -0.0379. The molecule has 2 rings (SSSR count). The van der Waals surface area contributed by atoms with Crippen LogP contribution in [0.3, 0.4) is 0 Å². The van der Waals surface area contributed by atoms with Gasteiger partial charge in [-0.15, -0.1) is 0 Å². The van der Waals surface area contributed by atoms with Crippen molar-refractivity contribution in [3.8, 4) is 0 Å². The van der Waals surface area contributed by atoms with Crippen LogP contribution in [0, 0.1) is 6.92 Å². The van der Waals surface area contributed by atoms with Crippen LogP contribution in [0.5, 0.6) is 0 Å². The maximum atomic E-state index is 12.1. The second-order valence-corrected chi connectivity index (χ2v) is 5.77. The van der Waals surface area contributed by atoms with Crippen molar-refractivity contribution in [2.24, 2.45) is 0 Å². The predicted octanol–water partition coefficient (Wildman–Crippen LogP) is 3.20. The molecule has 1 saturated heterocycles. The Morgan fingerprint density at radius 1 is 1.47 bits per heavy atom. The number of thioether (sulfide) groups is 1. The van der Waals surface area contributed by atoms with Crippen molar-refractivity contribution in [2.75, 3.05) is 0 Å². The van der Waals surface area contributed by atoms with E-state index in [9.17, 15) is 4.79 Å². The summed E-state index contributed by atoms with van der Waals surface area (Å²) in [6, 6.07) is 3.80. The van der Waals surface area contributed by atoms with Crippen LogP contribution in [-0.2, 0) is 4.79 Å². The van der Waals surface area contributed by atoms with E-state index in [-0.39, 0.29) is 11.9 Å². The summed E-state index contributed by atoms with van der Waals surface area (Å²) in [4.78, 5) is 14.3. The molecule has 0 atom stereocenters. The van der Waals surface area contributed by atoms with Crippen LogP contribution in [0.25, 0.3) is 6.08 Å². The van der Waals surface area contributed by atoms with E-state index < -0.39 is 0 Å². The number of hydrogen-bond donors (Lipinski definition) is 0. The van der Waals surface area contributed by atoms with E-state index in [0.29, 0.717) is 15.0 Å². The maximum Gasteiger partial charge on any atom is 0.266 e. The van der Waals surface area contributed by atoms with Crippen LogP contribution >= 0.6 is 24.0 Å². The Morgan fingerprint density at radius 3 is 2.65 bits per heavy atom. The molecule has 0 radical (unpaired) electrons. The van der Waals surface area contributed by atoms with Gasteiger partial charge in [0.2, 0.25) is 0 Å². The van der Waals surface area contributed by atoms with Gasteiger partial charge in [0.1, 0.15) is 15.8 Å². The summed E-state index contributed by atoms with van der Waals surface area (Å²) in [5.41, 5.74) is 0. The lowest BCUT2D eigenvalue weighted by Gasteiger charge is -2.18. The molecule has 1 amide bonds. The molecule has 1 aliphatic heterocycles. The summed E-state index contributed by atoms with van der Waals surface area (Å²) in [7, 11) is 0. The first kappa shape index (κ1) is 12.4. The van der Waals surface area contributed by atoms with Crippen molar-refractivity contribution in [1.29, 1.82) is 0 Å². The Hall–Kier alpha value is -1.07. The van der Waals surface area contributed by atoms with Crippen molar-refractivity contribution >= 4 is 40.3 Å². The number of hydrogen-bond acceptors (Lipinski definition) is 4. The molecule has 17 heavy (non-hydrogen) atoms. The number of carbonyl (C=O) groups is 1. The molecule has 1 aliphatic rings. The monoisotopic (exact) mass is 267 g/mol. The van der Waals surface area contributed by atoms with E-state index in [0.717, 1.165) is 5.76 Å². The molecule has 0 aromatic carbocycles. The van der Waals surface area contributed by atoms with E-state index in [4.69, 9.17) is 16.6 Å². The minimum Gasteiger partial charge on any atom is -0.462 e. The Labute approximate surface area is 110 Å². The number of carbonyl (C=O) groups excluding carboxylic acids is 1. The van der Waals surface area contributed by atoms with Crippen molar-refractivity contribution in [1.82, 2.24) is 4.90 Å². The van der Waals surface area contributed by atoms with E-state index in [1.807, 2.05) is 32.9 Å². The first-order chi connectivity index (χ1) is 7.99. The lowest BCUT2D eigenvalue weighted by molar-refractivity contribution is -0.123. The molecule has 0 N–H and O–H groups in total. The third kappa shape index (κ3) is 2.45. The SMILES string of the molecule is Cc1ccc(C=C2SC(=S)N(C(C)C)C2=O)o1. The van der Waals surface area contributed by atoms with Crippen molar-refractivity contribution in [3.05, 3.63) is 28.6 Å². The quantitative estimate of drug-likeness (QED) is 0.608. The zero-order valence-electron chi connectivity index (χ0n) is 9.89. The number of amides is 1. The summed E-state index contributed by atoms with van der Waals surface area (Å²) >= 11 is 6.51. The highest BCUT2D eigenvalue weighted by Gasteiger charge is 2.33. The van der Waals surface area contributed by atoms with E-state index in [2.05, 4.69) is 0 Å². The second kappa shape index (κ2) is 4.66. The van der Waals surface area contributed by atoms with Crippen molar-refractivity contribution in [3.63, 3.8) is 0 Å². The highest BCUT2D eigenvalue weighted by Crippen LogP contribution is 2.33. The van der Waals surface area contributed by atoms with Crippen LogP contribution in [0.2, 0.25) is 0 Å². The molecular formula is C12H13NO2S2. The fourth-order valence-corrected chi connectivity index (χ4v) is 3.09. The highest BCUT2D eigenvalue weighted by atomic mass is 32.2. The minimum absolute atomic E-state index is 0.0379. The van der Waals surface area contributed by atoms with Gasteiger partial charge < -0.3 is 4.42 Å². The summed E-state index contributed by atoms with van der Waals surface area (Å²) in [5.74, 6) is 1.48. The van der Waals surface area contributed by atoms with Gasteiger partial charge in [0.15, 0.2) is 0 Å². The molecule has 0 unspecified atom stereocenters. The molecule has 5 heteroatoms. The molecular weight excluding hydrogens is 254 g/mol. The zero-order chi connectivity index (χ0) is 12.6. The lowest BCUT2D eigenvalue weighted by Crippen LogP contribution is -2.34. The fraction of sp³-hybridized carbons (Fsp3) is 0.333. The van der Waals surface area contributed by atoms with Crippen LogP contribution in [-0.4, -0.2) is 21.2 Å². The predicted molar refractivity (Wildman–Crippen MR) is 73.6 cm³/mol. The first-order valence-electron chi connectivity index (χ1n) is 5.32. The van der Waals surface area contributed by atoms with E-state index in [1.165, 1.54) is 11.8 Å².